The summed E-state index contributed by atoms with van der Waals surface area (Å²) < 4.78 is 37.6. The molecule has 5 nitrogen and oxygen atoms in total. The smallest absolute Gasteiger partial charge is 0.368 e. The van der Waals surface area contributed by atoms with Crippen molar-refractivity contribution in [3.8, 4) is 0 Å². The third kappa shape index (κ3) is 4.33. The minimum atomic E-state index is -4.49. The molecule has 2 rings (SSSR count). The summed E-state index contributed by atoms with van der Waals surface area (Å²) in [7, 11) is 0. The van der Waals surface area contributed by atoms with Gasteiger partial charge in [0.05, 0.1) is 5.56 Å². The van der Waals surface area contributed by atoms with Gasteiger partial charge in [-0.15, -0.1) is 0 Å². The molecule has 2 atom stereocenters. The fraction of sp³-hybridized carbons (Fsp3) is 0.438. The van der Waals surface area contributed by atoms with Gasteiger partial charge in [0.2, 0.25) is 5.91 Å². The Labute approximate surface area is 136 Å². The predicted octanol–water partition coefficient (Wildman–Crippen LogP) is 2.05. The molecule has 0 unspecified atom stereocenters. The van der Waals surface area contributed by atoms with Gasteiger partial charge in [-0.25, -0.2) is 0 Å². The number of carbonyl (C=O) groups is 3. The van der Waals surface area contributed by atoms with E-state index in [0.717, 1.165) is 24.3 Å². The highest BCUT2D eigenvalue weighted by molar-refractivity contribution is 5.97. The maximum atomic E-state index is 12.5. The zero-order chi connectivity index (χ0) is 17.9. The van der Waals surface area contributed by atoms with E-state index < -0.39 is 29.6 Å². The van der Waals surface area contributed by atoms with Crippen LogP contribution in [0.15, 0.2) is 24.3 Å². The molecule has 0 aliphatic heterocycles. The summed E-state index contributed by atoms with van der Waals surface area (Å²) in [5, 5.41) is 2.43. The molecule has 0 saturated heterocycles. The molecule has 1 aliphatic carbocycles. The van der Waals surface area contributed by atoms with Crippen molar-refractivity contribution in [1.29, 1.82) is 0 Å². The molecule has 1 aromatic rings. The van der Waals surface area contributed by atoms with Crippen LogP contribution in [0.5, 0.6) is 0 Å². The SMILES string of the molecule is NC(=O)[C@H](NC(=O)c1ccc(C(F)(F)F)cc1)[C@H]1CCCC(=O)C1. The third-order valence-corrected chi connectivity index (χ3v) is 4.06. The van der Waals surface area contributed by atoms with E-state index in [2.05, 4.69) is 5.32 Å². The summed E-state index contributed by atoms with van der Waals surface area (Å²) in [6.07, 6.45) is -2.71. The van der Waals surface area contributed by atoms with Crippen LogP contribution >= 0.6 is 0 Å². The molecule has 8 heteroatoms. The highest BCUT2D eigenvalue weighted by atomic mass is 19.4. The molecule has 3 N–H and O–H groups in total. The second-order valence-electron chi connectivity index (χ2n) is 5.82. The van der Waals surface area contributed by atoms with Gasteiger partial charge in [-0.3, -0.25) is 14.4 Å². The number of ketones is 1. The Bertz CT molecular complexity index is 641. The van der Waals surface area contributed by atoms with Gasteiger partial charge in [-0.05, 0) is 43.0 Å². The van der Waals surface area contributed by atoms with Crippen molar-refractivity contribution in [2.45, 2.75) is 37.9 Å². The number of hydrogen-bond acceptors (Lipinski definition) is 3. The zero-order valence-electron chi connectivity index (χ0n) is 12.7. The lowest BCUT2D eigenvalue weighted by Crippen LogP contribution is -2.50. The maximum absolute atomic E-state index is 12.5. The lowest BCUT2D eigenvalue weighted by molar-refractivity contribution is -0.137. The number of hydrogen-bond donors (Lipinski definition) is 2. The summed E-state index contributed by atoms with van der Waals surface area (Å²) in [6, 6.07) is 2.62. The molecule has 0 bridgehead atoms. The average molecular weight is 342 g/mol. The number of nitrogens with one attached hydrogen (secondary N) is 1. The van der Waals surface area contributed by atoms with Crippen LogP contribution < -0.4 is 11.1 Å². The van der Waals surface area contributed by atoms with E-state index in [1.54, 1.807) is 0 Å². The van der Waals surface area contributed by atoms with E-state index in [4.69, 9.17) is 5.73 Å². The fourth-order valence-corrected chi connectivity index (χ4v) is 2.80. The van der Waals surface area contributed by atoms with E-state index in [0.29, 0.717) is 19.3 Å². The first-order valence-corrected chi connectivity index (χ1v) is 7.47. The quantitative estimate of drug-likeness (QED) is 0.877. The second kappa shape index (κ2) is 7.02. The van der Waals surface area contributed by atoms with Crippen LogP contribution in [-0.4, -0.2) is 23.6 Å². The predicted molar refractivity (Wildman–Crippen MR) is 78.9 cm³/mol. The van der Waals surface area contributed by atoms with Crippen LogP contribution in [0.2, 0.25) is 0 Å². The number of alkyl halides is 3. The van der Waals surface area contributed by atoms with Crippen LogP contribution in [-0.2, 0) is 15.8 Å². The van der Waals surface area contributed by atoms with Gasteiger partial charge < -0.3 is 11.1 Å². The molecule has 2 amide bonds. The number of amides is 2. The number of Topliss-reactive ketones (excluding diaryl/α,β-unsaturated/α-hetero) is 1. The Kier molecular flexibility index (Phi) is 5.26. The number of rotatable bonds is 4. The van der Waals surface area contributed by atoms with Crippen molar-refractivity contribution in [3.05, 3.63) is 35.4 Å². The summed E-state index contributed by atoms with van der Waals surface area (Å²) in [4.78, 5) is 35.3. The largest absolute Gasteiger partial charge is 0.416 e. The van der Waals surface area contributed by atoms with Gasteiger partial charge in [0.1, 0.15) is 11.8 Å². The summed E-state index contributed by atoms with van der Waals surface area (Å²) in [6.45, 7) is 0. The molecule has 1 saturated carbocycles. The molecule has 0 spiro atoms. The van der Waals surface area contributed by atoms with Crippen molar-refractivity contribution in [2.75, 3.05) is 0 Å². The van der Waals surface area contributed by atoms with Crippen molar-refractivity contribution >= 4 is 17.6 Å². The van der Waals surface area contributed by atoms with Crippen molar-refractivity contribution in [3.63, 3.8) is 0 Å². The van der Waals surface area contributed by atoms with Crippen LogP contribution in [0.3, 0.4) is 0 Å². The molecule has 0 aromatic heterocycles. The first-order chi connectivity index (χ1) is 11.2. The van der Waals surface area contributed by atoms with Crippen LogP contribution in [0.25, 0.3) is 0 Å². The second-order valence-corrected chi connectivity index (χ2v) is 5.82. The van der Waals surface area contributed by atoms with Crippen molar-refractivity contribution in [1.82, 2.24) is 5.32 Å². The first kappa shape index (κ1) is 18.0. The molecule has 0 heterocycles. The van der Waals surface area contributed by atoms with Gasteiger partial charge in [-0.1, -0.05) is 0 Å². The molecular formula is C16H17F3N2O3. The van der Waals surface area contributed by atoms with E-state index in [1.165, 1.54) is 0 Å². The molecule has 130 valence electrons. The highest BCUT2D eigenvalue weighted by Crippen LogP contribution is 2.29. The number of halogens is 3. The Balaban J connectivity index is 2.10. The molecule has 24 heavy (non-hydrogen) atoms. The van der Waals surface area contributed by atoms with Gasteiger partial charge >= 0.3 is 6.18 Å². The van der Waals surface area contributed by atoms with Gasteiger partial charge in [0, 0.05) is 18.4 Å². The molecule has 1 aromatic carbocycles. The van der Waals surface area contributed by atoms with E-state index >= 15 is 0 Å². The first-order valence-electron chi connectivity index (χ1n) is 7.47. The number of carbonyl (C=O) groups excluding carboxylic acids is 3. The highest BCUT2D eigenvalue weighted by Gasteiger charge is 2.33. The Morgan fingerprint density at radius 2 is 1.83 bits per heavy atom. The lowest BCUT2D eigenvalue weighted by atomic mass is 9.82. The summed E-state index contributed by atoms with van der Waals surface area (Å²) in [5.41, 5.74) is 4.42. The van der Waals surface area contributed by atoms with Crippen LogP contribution in [0.1, 0.15) is 41.6 Å². The van der Waals surface area contributed by atoms with Gasteiger partial charge in [0.25, 0.3) is 5.91 Å². The van der Waals surface area contributed by atoms with E-state index in [1.807, 2.05) is 0 Å². The molecule has 1 fully saturated rings. The average Bonchev–Trinajstić information content (AvgIpc) is 2.51. The van der Waals surface area contributed by atoms with Crippen LogP contribution in [0.4, 0.5) is 13.2 Å². The van der Waals surface area contributed by atoms with Gasteiger partial charge in [-0.2, -0.15) is 13.2 Å². The number of benzene rings is 1. The minimum Gasteiger partial charge on any atom is -0.368 e. The number of primary amides is 1. The Hall–Kier alpha value is -2.38. The molecule has 1 aliphatic rings. The maximum Gasteiger partial charge on any atom is 0.416 e. The topological polar surface area (TPSA) is 89.3 Å². The standard InChI is InChI=1S/C16H17F3N2O3/c17-16(18,19)11-6-4-9(5-7-11)15(24)21-13(14(20)23)10-2-1-3-12(22)8-10/h4-7,10,13H,1-3,8H2,(H2,20,23)(H,21,24)/t10-,13+/m0/s1. The lowest BCUT2D eigenvalue weighted by Gasteiger charge is -2.28. The van der Waals surface area contributed by atoms with Crippen molar-refractivity contribution in [2.24, 2.45) is 11.7 Å². The Morgan fingerprint density at radius 3 is 2.33 bits per heavy atom. The normalized spacial score (nSPS) is 19.6. The zero-order valence-corrected chi connectivity index (χ0v) is 12.7. The summed E-state index contributed by atoms with van der Waals surface area (Å²) >= 11 is 0. The van der Waals surface area contributed by atoms with E-state index in [9.17, 15) is 27.6 Å². The van der Waals surface area contributed by atoms with Crippen molar-refractivity contribution < 1.29 is 27.6 Å². The third-order valence-electron chi connectivity index (χ3n) is 4.06. The van der Waals surface area contributed by atoms with E-state index in [-0.39, 0.29) is 23.7 Å². The minimum absolute atomic E-state index is 0.00118. The summed E-state index contributed by atoms with van der Waals surface area (Å²) in [5.74, 6) is -1.86. The number of nitrogens with two attached hydrogens (primary N) is 1. The monoisotopic (exact) mass is 342 g/mol. The van der Waals surface area contributed by atoms with Crippen LogP contribution in [0, 0.1) is 5.92 Å². The molecular weight excluding hydrogens is 325 g/mol. The molecule has 0 radical (unpaired) electrons. The fourth-order valence-electron chi connectivity index (χ4n) is 2.80. The Morgan fingerprint density at radius 1 is 1.21 bits per heavy atom. The van der Waals surface area contributed by atoms with Gasteiger partial charge in [0.15, 0.2) is 0 Å².